The zero-order valence-corrected chi connectivity index (χ0v) is 11.1. The SMILES string of the molecule is CCCC(C)C1=Cc2c(ccc3ccccc23)[CH]1. The number of benzene rings is 2. The van der Waals surface area contributed by atoms with Crippen LogP contribution in [0.4, 0.5) is 0 Å². The van der Waals surface area contributed by atoms with Gasteiger partial charge >= 0.3 is 0 Å². The molecule has 0 saturated carbocycles. The van der Waals surface area contributed by atoms with Crippen LogP contribution in [0.15, 0.2) is 42.0 Å². The van der Waals surface area contributed by atoms with Crippen LogP contribution in [0.25, 0.3) is 16.8 Å². The maximum absolute atomic E-state index is 2.39. The second-order valence-electron chi connectivity index (χ2n) is 5.27. The zero-order valence-electron chi connectivity index (χ0n) is 11.1. The molecule has 0 fully saturated rings. The molecule has 0 heterocycles. The summed E-state index contributed by atoms with van der Waals surface area (Å²) in [6.07, 6.45) is 7.28. The van der Waals surface area contributed by atoms with Crippen LogP contribution >= 0.6 is 0 Å². The average molecular weight is 235 g/mol. The van der Waals surface area contributed by atoms with Crippen molar-refractivity contribution in [1.82, 2.24) is 0 Å². The molecule has 18 heavy (non-hydrogen) atoms. The maximum Gasteiger partial charge on any atom is 0.0167 e. The van der Waals surface area contributed by atoms with E-state index in [1.807, 2.05) is 0 Å². The van der Waals surface area contributed by atoms with Crippen molar-refractivity contribution in [2.24, 2.45) is 5.92 Å². The minimum Gasteiger partial charge on any atom is -0.0654 e. The fourth-order valence-corrected chi connectivity index (χ4v) is 2.87. The number of rotatable bonds is 3. The Kier molecular flexibility index (Phi) is 2.95. The molecule has 0 saturated heterocycles. The van der Waals surface area contributed by atoms with Gasteiger partial charge in [0.2, 0.25) is 0 Å². The average Bonchev–Trinajstić information content (AvgIpc) is 2.83. The molecule has 1 atom stereocenters. The molecular weight excluding hydrogens is 216 g/mol. The fraction of sp³-hybridized carbons (Fsp3) is 0.278. The Morgan fingerprint density at radius 3 is 2.72 bits per heavy atom. The third-order valence-electron chi connectivity index (χ3n) is 3.93. The van der Waals surface area contributed by atoms with Gasteiger partial charge < -0.3 is 0 Å². The lowest BCUT2D eigenvalue weighted by Gasteiger charge is -2.10. The third-order valence-corrected chi connectivity index (χ3v) is 3.93. The molecule has 0 heteroatoms. The first-order valence-corrected chi connectivity index (χ1v) is 6.87. The van der Waals surface area contributed by atoms with Crippen LogP contribution in [0, 0.1) is 12.3 Å². The third kappa shape index (κ3) is 1.86. The fourth-order valence-electron chi connectivity index (χ4n) is 2.87. The van der Waals surface area contributed by atoms with Crippen LogP contribution in [-0.2, 0) is 0 Å². The molecule has 1 unspecified atom stereocenters. The van der Waals surface area contributed by atoms with E-state index in [4.69, 9.17) is 0 Å². The smallest absolute Gasteiger partial charge is 0.0167 e. The Hall–Kier alpha value is -1.56. The molecule has 1 radical (unpaired) electrons. The van der Waals surface area contributed by atoms with Crippen molar-refractivity contribution in [3.8, 4) is 0 Å². The second-order valence-corrected chi connectivity index (χ2v) is 5.27. The van der Waals surface area contributed by atoms with Gasteiger partial charge in [-0.05, 0) is 34.2 Å². The molecule has 0 N–H and O–H groups in total. The standard InChI is InChI=1S/C18H19/c1-3-6-13(2)16-11-15-10-9-14-7-4-5-8-17(14)18(15)12-16/h4-5,7-13H,3,6H2,1-2H3. The van der Waals surface area contributed by atoms with Gasteiger partial charge in [0.15, 0.2) is 0 Å². The minimum absolute atomic E-state index is 0.668. The Labute approximate surface area is 109 Å². The highest BCUT2D eigenvalue weighted by atomic mass is 14.2. The van der Waals surface area contributed by atoms with E-state index in [2.05, 4.69) is 62.7 Å². The lowest BCUT2D eigenvalue weighted by Crippen LogP contribution is -1.96. The van der Waals surface area contributed by atoms with Gasteiger partial charge in [0, 0.05) is 6.42 Å². The van der Waals surface area contributed by atoms with Gasteiger partial charge in [0.1, 0.15) is 0 Å². The van der Waals surface area contributed by atoms with Crippen molar-refractivity contribution in [1.29, 1.82) is 0 Å². The lowest BCUT2D eigenvalue weighted by molar-refractivity contribution is 0.612. The minimum atomic E-state index is 0.668. The van der Waals surface area contributed by atoms with Gasteiger partial charge in [-0.1, -0.05) is 68.3 Å². The van der Waals surface area contributed by atoms with Crippen molar-refractivity contribution in [3.05, 3.63) is 59.5 Å². The summed E-state index contributed by atoms with van der Waals surface area (Å²) in [5.74, 6) is 0.668. The van der Waals surface area contributed by atoms with Crippen LogP contribution in [-0.4, -0.2) is 0 Å². The van der Waals surface area contributed by atoms with Crippen molar-refractivity contribution >= 4 is 16.8 Å². The zero-order chi connectivity index (χ0) is 12.5. The summed E-state index contributed by atoms with van der Waals surface area (Å²) in [5.41, 5.74) is 4.28. The Morgan fingerprint density at radius 2 is 1.89 bits per heavy atom. The molecule has 0 bridgehead atoms. The number of hydrogen-bond acceptors (Lipinski definition) is 0. The summed E-state index contributed by atoms with van der Waals surface area (Å²) in [7, 11) is 0. The van der Waals surface area contributed by atoms with E-state index in [0.29, 0.717) is 5.92 Å². The first-order chi connectivity index (χ1) is 8.79. The van der Waals surface area contributed by atoms with Gasteiger partial charge in [-0.2, -0.15) is 0 Å². The van der Waals surface area contributed by atoms with Crippen molar-refractivity contribution < 1.29 is 0 Å². The highest BCUT2D eigenvalue weighted by Crippen LogP contribution is 2.36. The predicted molar refractivity (Wildman–Crippen MR) is 79.4 cm³/mol. The highest BCUT2D eigenvalue weighted by molar-refractivity contribution is 5.95. The van der Waals surface area contributed by atoms with Crippen molar-refractivity contribution in [2.75, 3.05) is 0 Å². The van der Waals surface area contributed by atoms with Gasteiger partial charge in [0.25, 0.3) is 0 Å². The molecule has 0 spiro atoms. The van der Waals surface area contributed by atoms with Crippen LogP contribution in [0.2, 0.25) is 0 Å². The van der Waals surface area contributed by atoms with Crippen molar-refractivity contribution in [2.45, 2.75) is 26.7 Å². The highest BCUT2D eigenvalue weighted by Gasteiger charge is 2.18. The normalized spacial score (nSPS) is 15.6. The predicted octanol–water partition coefficient (Wildman–Crippen LogP) is 5.23. The van der Waals surface area contributed by atoms with Crippen LogP contribution in [0.3, 0.4) is 0 Å². The Balaban J connectivity index is 2.06. The molecular formula is C18H19. The molecule has 0 amide bonds. The van der Waals surface area contributed by atoms with E-state index >= 15 is 0 Å². The summed E-state index contributed by atoms with van der Waals surface area (Å²) in [6, 6.07) is 13.1. The van der Waals surface area contributed by atoms with E-state index in [1.54, 1.807) is 0 Å². The van der Waals surface area contributed by atoms with Gasteiger partial charge in [-0.3, -0.25) is 0 Å². The molecule has 0 aromatic heterocycles. The van der Waals surface area contributed by atoms with Gasteiger partial charge in [-0.25, -0.2) is 0 Å². The lowest BCUT2D eigenvalue weighted by atomic mass is 9.95. The largest absolute Gasteiger partial charge is 0.0654 e. The van der Waals surface area contributed by atoms with Gasteiger partial charge in [-0.15, -0.1) is 0 Å². The number of fused-ring (bicyclic) bond motifs is 3. The maximum atomic E-state index is 2.39. The Morgan fingerprint density at radius 1 is 1.06 bits per heavy atom. The first kappa shape index (κ1) is 11.5. The molecule has 0 aliphatic heterocycles. The summed E-state index contributed by atoms with van der Waals surface area (Å²) in [4.78, 5) is 0. The molecule has 2 aromatic carbocycles. The number of allylic oxidation sites excluding steroid dienone is 1. The van der Waals surface area contributed by atoms with Crippen molar-refractivity contribution in [3.63, 3.8) is 0 Å². The van der Waals surface area contributed by atoms with Crippen LogP contribution < -0.4 is 0 Å². The van der Waals surface area contributed by atoms with E-state index in [-0.39, 0.29) is 0 Å². The van der Waals surface area contributed by atoms with Gasteiger partial charge in [0.05, 0.1) is 0 Å². The summed E-state index contributed by atoms with van der Waals surface area (Å²) in [6.45, 7) is 4.59. The summed E-state index contributed by atoms with van der Waals surface area (Å²) >= 11 is 0. The molecule has 0 nitrogen and oxygen atoms in total. The molecule has 2 aromatic rings. The molecule has 1 aliphatic rings. The van der Waals surface area contributed by atoms with E-state index in [1.165, 1.54) is 40.3 Å². The first-order valence-electron chi connectivity index (χ1n) is 6.87. The van der Waals surface area contributed by atoms with Crippen LogP contribution in [0.1, 0.15) is 37.8 Å². The molecule has 1 aliphatic carbocycles. The van der Waals surface area contributed by atoms with E-state index in [9.17, 15) is 0 Å². The second kappa shape index (κ2) is 4.61. The summed E-state index contributed by atoms with van der Waals surface area (Å²) in [5, 5.41) is 2.72. The van der Waals surface area contributed by atoms with E-state index in [0.717, 1.165) is 0 Å². The molecule has 91 valence electrons. The van der Waals surface area contributed by atoms with E-state index < -0.39 is 0 Å². The Bertz CT molecular complexity index is 604. The number of hydrogen-bond donors (Lipinski definition) is 0. The molecule has 3 rings (SSSR count). The van der Waals surface area contributed by atoms with Crippen LogP contribution in [0.5, 0.6) is 0 Å². The quantitative estimate of drug-likeness (QED) is 0.683. The summed E-state index contributed by atoms with van der Waals surface area (Å²) < 4.78 is 0. The monoisotopic (exact) mass is 235 g/mol. The topological polar surface area (TPSA) is 0 Å².